The van der Waals surface area contributed by atoms with Crippen LogP contribution in [0.3, 0.4) is 0 Å². The third kappa shape index (κ3) is 3.59. The Hall–Kier alpha value is -3.14. The highest BCUT2D eigenvalue weighted by Gasteiger charge is 2.41. The van der Waals surface area contributed by atoms with Crippen LogP contribution in [0.1, 0.15) is 37.1 Å². The van der Waals surface area contributed by atoms with Gasteiger partial charge in [-0.25, -0.2) is 14.8 Å². The minimum absolute atomic E-state index is 0.129. The SMILES string of the molecule is CC1(C)c2cnc(NCCC#N)nc2CN1C(=O)NCc1ccccc1. The van der Waals surface area contributed by atoms with Crippen LogP contribution < -0.4 is 10.6 Å². The van der Waals surface area contributed by atoms with E-state index < -0.39 is 5.54 Å². The number of nitriles is 1. The first kappa shape index (κ1) is 17.7. The van der Waals surface area contributed by atoms with Crippen molar-refractivity contribution in [3.05, 3.63) is 53.3 Å². The molecule has 1 aromatic carbocycles. The minimum Gasteiger partial charge on any atom is -0.353 e. The molecular weight excluding hydrogens is 328 g/mol. The third-order valence-electron chi connectivity index (χ3n) is 4.56. The van der Waals surface area contributed by atoms with Crippen LogP contribution in [0.25, 0.3) is 0 Å². The lowest BCUT2D eigenvalue weighted by molar-refractivity contribution is 0.144. The molecule has 26 heavy (non-hydrogen) atoms. The van der Waals surface area contributed by atoms with Crippen molar-refractivity contribution in [2.45, 2.75) is 38.9 Å². The summed E-state index contributed by atoms with van der Waals surface area (Å²) in [4.78, 5) is 23.3. The lowest BCUT2D eigenvalue weighted by atomic mass is 9.97. The smallest absolute Gasteiger partial charge is 0.318 e. The van der Waals surface area contributed by atoms with E-state index in [1.54, 1.807) is 11.1 Å². The predicted molar refractivity (Wildman–Crippen MR) is 98.0 cm³/mol. The number of benzene rings is 1. The fourth-order valence-electron chi connectivity index (χ4n) is 3.05. The van der Waals surface area contributed by atoms with Crippen LogP contribution in [0, 0.1) is 11.3 Å². The van der Waals surface area contributed by atoms with Crippen molar-refractivity contribution in [3.63, 3.8) is 0 Å². The van der Waals surface area contributed by atoms with E-state index in [-0.39, 0.29) is 6.03 Å². The Morgan fingerprint density at radius 1 is 1.35 bits per heavy atom. The van der Waals surface area contributed by atoms with Crippen molar-refractivity contribution in [2.75, 3.05) is 11.9 Å². The van der Waals surface area contributed by atoms with Gasteiger partial charge in [-0.15, -0.1) is 0 Å². The summed E-state index contributed by atoms with van der Waals surface area (Å²) in [5, 5.41) is 14.6. The Kier molecular flexibility index (Phi) is 5.03. The molecular formula is C19H22N6O. The van der Waals surface area contributed by atoms with Crippen molar-refractivity contribution in [1.82, 2.24) is 20.2 Å². The van der Waals surface area contributed by atoms with Crippen LogP contribution in [0.5, 0.6) is 0 Å². The first-order chi connectivity index (χ1) is 12.5. The number of anilines is 1. The molecule has 0 aliphatic carbocycles. The number of carbonyl (C=O) groups excluding carboxylic acids is 1. The molecule has 2 aromatic rings. The number of nitrogens with zero attached hydrogens (tertiary/aromatic N) is 4. The van der Waals surface area contributed by atoms with Crippen LogP contribution in [0.2, 0.25) is 0 Å². The zero-order valence-electron chi connectivity index (χ0n) is 15.0. The second-order valence-corrected chi connectivity index (χ2v) is 6.68. The summed E-state index contributed by atoms with van der Waals surface area (Å²) >= 11 is 0. The fourth-order valence-corrected chi connectivity index (χ4v) is 3.05. The van der Waals surface area contributed by atoms with Gasteiger partial charge in [-0.05, 0) is 19.4 Å². The highest BCUT2D eigenvalue weighted by Crippen LogP contribution is 2.37. The van der Waals surface area contributed by atoms with Gasteiger partial charge in [-0.2, -0.15) is 5.26 Å². The average Bonchev–Trinajstić information content (AvgIpc) is 2.91. The largest absolute Gasteiger partial charge is 0.353 e. The van der Waals surface area contributed by atoms with E-state index in [1.807, 2.05) is 44.2 Å². The molecule has 0 unspecified atom stereocenters. The molecule has 1 aliphatic heterocycles. The number of nitrogens with one attached hydrogen (secondary N) is 2. The van der Waals surface area contributed by atoms with Gasteiger partial charge in [0.2, 0.25) is 5.95 Å². The van der Waals surface area contributed by atoms with E-state index in [1.165, 1.54) is 0 Å². The quantitative estimate of drug-likeness (QED) is 0.809. The molecule has 1 aliphatic rings. The van der Waals surface area contributed by atoms with Gasteiger partial charge < -0.3 is 15.5 Å². The average molecular weight is 350 g/mol. The molecule has 3 rings (SSSR count). The second-order valence-electron chi connectivity index (χ2n) is 6.68. The number of hydrogen-bond donors (Lipinski definition) is 2. The molecule has 0 radical (unpaired) electrons. The molecule has 0 saturated heterocycles. The molecule has 1 aromatic heterocycles. The standard InChI is InChI=1S/C19H22N6O/c1-19(2)15-12-22-17(21-10-6-9-20)24-16(15)13-25(19)18(26)23-11-14-7-4-3-5-8-14/h3-5,7-8,12H,6,10-11,13H2,1-2H3,(H,23,26)(H,21,22,24). The zero-order chi connectivity index (χ0) is 18.6. The van der Waals surface area contributed by atoms with E-state index in [0.717, 1.165) is 16.8 Å². The summed E-state index contributed by atoms with van der Waals surface area (Å²) in [5.74, 6) is 0.487. The van der Waals surface area contributed by atoms with Crippen molar-refractivity contribution < 1.29 is 4.79 Å². The Bertz CT molecular complexity index is 828. The molecule has 0 spiro atoms. The monoisotopic (exact) mass is 350 g/mol. The number of urea groups is 1. The molecule has 2 N–H and O–H groups in total. The van der Waals surface area contributed by atoms with Crippen molar-refractivity contribution in [3.8, 4) is 6.07 Å². The van der Waals surface area contributed by atoms with E-state index in [9.17, 15) is 4.79 Å². The maximum absolute atomic E-state index is 12.7. The lowest BCUT2D eigenvalue weighted by Gasteiger charge is -2.32. The number of amides is 2. The molecule has 0 atom stereocenters. The van der Waals surface area contributed by atoms with Gasteiger partial charge in [0.25, 0.3) is 0 Å². The highest BCUT2D eigenvalue weighted by molar-refractivity contribution is 5.76. The second kappa shape index (κ2) is 7.40. The van der Waals surface area contributed by atoms with Crippen LogP contribution in [0.15, 0.2) is 36.5 Å². The Labute approximate surface area is 153 Å². The van der Waals surface area contributed by atoms with Gasteiger partial charge in [-0.3, -0.25) is 0 Å². The summed E-state index contributed by atoms with van der Waals surface area (Å²) in [7, 11) is 0. The summed E-state index contributed by atoms with van der Waals surface area (Å²) in [6, 6.07) is 11.8. The molecule has 7 heteroatoms. The van der Waals surface area contributed by atoms with Crippen LogP contribution in [-0.4, -0.2) is 27.4 Å². The molecule has 7 nitrogen and oxygen atoms in total. The zero-order valence-corrected chi connectivity index (χ0v) is 15.0. The minimum atomic E-state index is -0.485. The van der Waals surface area contributed by atoms with Crippen molar-refractivity contribution in [1.29, 1.82) is 5.26 Å². The Balaban J connectivity index is 1.69. The maximum Gasteiger partial charge on any atom is 0.318 e. The van der Waals surface area contributed by atoms with Crippen LogP contribution in [0.4, 0.5) is 10.7 Å². The van der Waals surface area contributed by atoms with Gasteiger partial charge in [0.15, 0.2) is 0 Å². The maximum atomic E-state index is 12.7. The topological polar surface area (TPSA) is 93.9 Å². The highest BCUT2D eigenvalue weighted by atomic mass is 16.2. The van der Waals surface area contributed by atoms with Crippen LogP contribution in [-0.2, 0) is 18.6 Å². The molecule has 2 amide bonds. The van der Waals surface area contributed by atoms with Crippen molar-refractivity contribution in [2.24, 2.45) is 0 Å². The normalized spacial score (nSPS) is 14.4. The number of hydrogen-bond acceptors (Lipinski definition) is 5. The van der Waals surface area contributed by atoms with Gasteiger partial charge in [-0.1, -0.05) is 30.3 Å². The Morgan fingerprint density at radius 3 is 2.85 bits per heavy atom. The summed E-state index contributed by atoms with van der Waals surface area (Å²) in [6.07, 6.45) is 2.15. The first-order valence-corrected chi connectivity index (χ1v) is 8.59. The molecule has 2 heterocycles. The van der Waals surface area contributed by atoms with Gasteiger partial charge in [0, 0.05) is 24.8 Å². The molecule has 0 saturated carbocycles. The fraction of sp³-hybridized carbons (Fsp3) is 0.368. The predicted octanol–water partition coefficient (Wildman–Crippen LogP) is 2.76. The number of carbonyl (C=O) groups is 1. The van der Waals surface area contributed by atoms with E-state index in [0.29, 0.717) is 32.0 Å². The van der Waals surface area contributed by atoms with Gasteiger partial charge in [0.1, 0.15) is 0 Å². The van der Waals surface area contributed by atoms with E-state index in [4.69, 9.17) is 5.26 Å². The molecule has 134 valence electrons. The summed E-state index contributed by atoms with van der Waals surface area (Å²) < 4.78 is 0. The summed E-state index contributed by atoms with van der Waals surface area (Å²) in [6.45, 7) is 5.40. The molecule has 0 fully saturated rings. The van der Waals surface area contributed by atoms with Gasteiger partial charge >= 0.3 is 6.03 Å². The van der Waals surface area contributed by atoms with Gasteiger partial charge in [0.05, 0.1) is 30.3 Å². The summed E-state index contributed by atoms with van der Waals surface area (Å²) in [5.41, 5.74) is 2.35. The van der Waals surface area contributed by atoms with E-state index >= 15 is 0 Å². The van der Waals surface area contributed by atoms with Crippen LogP contribution >= 0.6 is 0 Å². The third-order valence-corrected chi connectivity index (χ3v) is 4.56. The lowest BCUT2D eigenvalue weighted by Crippen LogP contribution is -2.45. The first-order valence-electron chi connectivity index (χ1n) is 8.59. The van der Waals surface area contributed by atoms with Crippen molar-refractivity contribution >= 4 is 12.0 Å². The van der Waals surface area contributed by atoms with E-state index in [2.05, 4.69) is 26.7 Å². The molecule has 0 bridgehead atoms. The number of fused-ring (bicyclic) bond motifs is 1. The number of rotatable bonds is 5. The number of aromatic nitrogens is 2. The Morgan fingerprint density at radius 2 is 2.12 bits per heavy atom.